The van der Waals surface area contributed by atoms with Crippen LogP contribution in [0.25, 0.3) is 0 Å². The maximum atomic E-state index is 13.0. The van der Waals surface area contributed by atoms with E-state index in [0.29, 0.717) is 12.2 Å². The number of halogens is 3. The Labute approximate surface area is 146 Å². The molecule has 1 atom stereocenters. The maximum absolute atomic E-state index is 13.0. The van der Waals surface area contributed by atoms with Gasteiger partial charge < -0.3 is 9.64 Å². The van der Waals surface area contributed by atoms with Gasteiger partial charge in [-0.2, -0.15) is 13.2 Å². The van der Waals surface area contributed by atoms with Crippen molar-refractivity contribution in [3.63, 3.8) is 0 Å². The van der Waals surface area contributed by atoms with Crippen LogP contribution in [-0.2, 0) is 10.9 Å². The zero-order valence-corrected chi connectivity index (χ0v) is 14.0. The molecule has 0 amide bonds. The zero-order chi connectivity index (χ0) is 17.7. The molecule has 0 aliphatic carbocycles. The van der Waals surface area contributed by atoms with Crippen LogP contribution in [0.5, 0.6) is 0 Å². The van der Waals surface area contributed by atoms with Gasteiger partial charge in [0.1, 0.15) is 6.10 Å². The molecule has 5 heteroatoms. The van der Waals surface area contributed by atoms with Gasteiger partial charge in [-0.15, -0.1) is 0 Å². The fourth-order valence-corrected chi connectivity index (χ4v) is 3.20. The van der Waals surface area contributed by atoms with Crippen LogP contribution in [0.3, 0.4) is 0 Å². The number of hydrogen-bond acceptors (Lipinski definition) is 2. The molecule has 134 valence electrons. The van der Waals surface area contributed by atoms with Gasteiger partial charge in [-0.05, 0) is 49.2 Å². The summed E-state index contributed by atoms with van der Waals surface area (Å²) in [6.45, 7) is 3.45. The van der Waals surface area contributed by atoms with Crippen molar-refractivity contribution >= 4 is 0 Å². The summed E-state index contributed by atoms with van der Waals surface area (Å²) in [6.07, 6.45) is -2.44. The smallest absolute Gasteiger partial charge is 0.367 e. The second-order valence-electron chi connectivity index (χ2n) is 6.33. The van der Waals surface area contributed by atoms with Crippen LogP contribution >= 0.6 is 0 Å². The van der Waals surface area contributed by atoms with Gasteiger partial charge in [0.15, 0.2) is 0 Å². The molecular formula is C20H22F3NO. The van der Waals surface area contributed by atoms with Gasteiger partial charge in [0, 0.05) is 6.54 Å². The predicted octanol–water partition coefficient (Wildman–Crippen LogP) is 4.91. The number of alkyl halides is 3. The number of benzene rings is 2. The first-order chi connectivity index (χ1) is 12.0. The lowest BCUT2D eigenvalue weighted by atomic mass is 9.99. The number of likely N-dealkylation sites (tertiary alicyclic amines) is 1. The molecule has 1 heterocycles. The minimum atomic E-state index is -4.35. The normalized spacial score (nSPS) is 16.9. The number of ether oxygens (including phenoxy) is 1. The Morgan fingerprint density at radius 3 is 2.28 bits per heavy atom. The third kappa shape index (κ3) is 4.83. The zero-order valence-electron chi connectivity index (χ0n) is 14.0. The second-order valence-corrected chi connectivity index (χ2v) is 6.33. The molecule has 1 saturated heterocycles. The molecular weight excluding hydrogens is 327 g/mol. The third-order valence-corrected chi connectivity index (χ3v) is 4.51. The Morgan fingerprint density at radius 2 is 1.60 bits per heavy atom. The van der Waals surface area contributed by atoms with Gasteiger partial charge in [0.25, 0.3) is 0 Å². The molecule has 0 saturated carbocycles. The molecule has 25 heavy (non-hydrogen) atoms. The average molecular weight is 349 g/mol. The molecule has 2 aromatic rings. The van der Waals surface area contributed by atoms with Crippen LogP contribution in [-0.4, -0.2) is 31.1 Å². The van der Waals surface area contributed by atoms with E-state index in [1.807, 2.05) is 30.3 Å². The minimum absolute atomic E-state index is 0.494. The SMILES string of the molecule is FC(F)(F)c1cccc([C@@H](OCCN2CCCC2)c2ccccc2)c1. The highest BCUT2D eigenvalue weighted by molar-refractivity contribution is 5.34. The Balaban J connectivity index is 1.78. The van der Waals surface area contributed by atoms with Crippen LogP contribution in [0.1, 0.15) is 35.6 Å². The lowest BCUT2D eigenvalue weighted by Gasteiger charge is -2.22. The summed E-state index contributed by atoms with van der Waals surface area (Å²) in [5, 5.41) is 0. The van der Waals surface area contributed by atoms with E-state index < -0.39 is 17.8 Å². The van der Waals surface area contributed by atoms with E-state index in [1.165, 1.54) is 25.0 Å². The standard InChI is InChI=1S/C20H22F3NO/c21-20(22,23)18-10-6-9-17(15-18)19(16-7-2-1-3-8-16)25-14-13-24-11-4-5-12-24/h1-3,6-10,15,19H,4-5,11-14H2/t19-/m0/s1. The molecule has 0 bridgehead atoms. The topological polar surface area (TPSA) is 12.5 Å². The van der Waals surface area contributed by atoms with Gasteiger partial charge in [-0.3, -0.25) is 0 Å². The van der Waals surface area contributed by atoms with Crippen LogP contribution in [0.15, 0.2) is 54.6 Å². The van der Waals surface area contributed by atoms with Crippen molar-refractivity contribution < 1.29 is 17.9 Å². The van der Waals surface area contributed by atoms with Gasteiger partial charge in [-0.1, -0.05) is 42.5 Å². The first-order valence-electron chi connectivity index (χ1n) is 8.60. The summed E-state index contributed by atoms with van der Waals surface area (Å²) in [5.41, 5.74) is 0.750. The van der Waals surface area contributed by atoms with Gasteiger partial charge >= 0.3 is 6.18 Å². The summed E-state index contributed by atoms with van der Waals surface area (Å²) in [4.78, 5) is 2.33. The van der Waals surface area contributed by atoms with E-state index in [4.69, 9.17) is 4.74 Å². The monoisotopic (exact) mass is 349 g/mol. The molecule has 1 aliphatic heterocycles. The summed E-state index contributed by atoms with van der Waals surface area (Å²) in [7, 11) is 0. The minimum Gasteiger partial charge on any atom is -0.367 e. The van der Waals surface area contributed by atoms with Gasteiger partial charge in [0.05, 0.1) is 12.2 Å². The highest BCUT2D eigenvalue weighted by Crippen LogP contribution is 2.33. The Hall–Kier alpha value is -1.85. The average Bonchev–Trinajstić information content (AvgIpc) is 3.12. The van der Waals surface area contributed by atoms with E-state index >= 15 is 0 Å². The number of nitrogens with zero attached hydrogens (tertiary/aromatic N) is 1. The van der Waals surface area contributed by atoms with Crippen molar-refractivity contribution in [2.75, 3.05) is 26.2 Å². The van der Waals surface area contributed by atoms with E-state index in [2.05, 4.69) is 4.90 Å². The van der Waals surface area contributed by atoms with E-state index in [0.717, 1.165) is 31.3 Å². The Bertz CT molecular complexity index is 666. The molecule has 0 N–H and O–H groups in total. The third-order valence-electron chi connectivity index (χ3n) is 4.51. The lowest BCUT2D eigenvalue weighted by molar-refractivity contribution is -0.137. The molecule has 0 radical (unpaired) electrons. The summed E-state index contributed by atoms with van der Waals surface area (Å²) in [5.74, 6) is 0. The molecule has 1 fully saturated rings. The lowest BCUT2D eigenvalue weighted by Crippen LogP contribution is -2.25. The molecule has 0 aromatic heterocycles. The molecule has 0 spiro atoms. The first kappa shape index (κ1) is 18.0. The second kappa shape index (κ2) is 8.02. The van der Waals surface area contributed by atoms with Crippen molar-refractivity contribution in [3.05, 3.63) is 71.3 Å². The summed E-state index contributed by atoms with van der Waals surface area (Å²) >= 11 is 0. The quantitative estimate of drug-likeness (QED) is 0.735. The maximum Gasteiger partial charge on any atom is 0.416 e. The van der Waals surface area contributed by atoms with Crippen molar-refractivity contribution in [2.24, 2.45) is 0 Å². The first-order valence-corrected chi connectivity index (χ1v) is 8.60. The van der Waals surface area contributed by atoms with E-state index in [1.54, 1.807) is 6.07 Å². The molecule has 0 unspecified atom stereocenters. The van der Waals surface area contributed by atoms with Crippen molar-refractivity contribution in [2.45, 2.75) is 25.1 Å². The molecule has 2 aromatic carbocycles. The highest BCUT2D eigenvalue weighted by Gasteiger charge is 2.31. The Morgan fingerprint density at radius 1 is 0.920 bits per heavy atom. The number of hydrogen-bond donors (Lipinski definition) is 0. The number of rotatable bonds is 6. The summed E-state index contributed by atoms with van der Waals surface area (Å²) in [6, 6.07) is 14.8. The molecule has 2 nitrogen and oxygen atoms in total. The fraction of sp³-hybridized carbons (Fsp3) is 0.400. The summed E-state index contributed by atoms with van der Waals surface area (Å²) < 4.78 is 45.2. The van der Waals surface area contributed by atoms with Crippen LogP contribution in [0, 0.1) is 0 Å². The van der Waals surface area contributed by atoms with Crippen molar-refractivity contribution in [1.82, 2.24) is 4.90 Å². The Kier molecular flexibility index (Phi) is 5.76. The highest BCUT2D eigenvalue weighted by atomic mass is 19.4. The van der Waals surface area contributed by atoms with Crippen molar-refractivity contribution in [3.8, 4) is 0 Å². The van der Waals surface area contributed by atoms with Crippen molar-refractivity contribution in [1.29, 1.82) is 0 Å². The van der Waals surface area contributed by atoms with Crippen LogP contribution < -0.4 is 0 Å². The van der Waals surface area contributed by atoms with E-state index in [9.17, 15) is 13.2 Å². The van der Waals surface area contributed by atoms with E-state index in [-0.39, 0.29) is 0 Å². The van der Waals surface area contributed by atoms with Crippen LogP contribution in [0.4, 0.5) is 13.2 Å². The molecule has 1 aliphatic rings. The predicted molar refractivity (Wildman–Crippen MR) is 91.4 cm³/mol. The van der Waals surface area contributed by atoms with Crippen LogP contribution in [0.2, 0.25) is 0 Å². The fourth-order valence-electron chi connectivity index (χ4n) is 3.20. The molecule has 3 rings (SSSR count). The largest absolute Gasteiger partial charge is 0.416 e. The van der Waals surface area contributed by atoms with Gasteiger partial charge in [0.2, 0.25) is 0 Å². The van der Waals surface area contributed by atoms with Gasteiger partial charge in [-0.25, -0.2) is 0 Å².